The maximum absolute atomic E-state index is 4.72. The quantitative estimate of drug-likeness (QED) is 0.530. The van der Waals surface area contributed by atoms with Crippen molar-refractivity contribution in [2.45, 2.75) is 0 Å². The van der Waals surface area contributed by atoms with Gasteiger partial charge in [0.25, 0.3) is 0 Å². The molecular formula is C17H14N2Si. The van der Waals surface area contributed by atoms with Gasteiger partial charge in [-0.1, -0.05) is 53.7 Å². The van der Waals surface area contributed by atoms with Crippen molar-refractivity contribution in [3.63, 3.8) is 0 Å². The van der Waals surface area contributed by atoms with Crippen molar-refractivity contribution < 1.29 is 0 Å². The molecular weight excluding hydrogens is 260 g/mol. The summed E-state index contributed by atoms with van der Waals surface area (Å²) in [5.41, 5.74) is 3.28. The van der Waals surface area contributed by atoms with Gasteiger partial charge in [-0.3, -0.25) is 0 Å². The van der Waals surface area contributed by atoms with Crippen LogP contribution in [0, 0.1) is 0 Å². The summed E-state index contributed by atoms with van der Waals surface area (Å²) in [5, 5.41) is 4.05. The molecule has 0 amide bonds. The molecule has 0 fully saturated rings. The molecule has 0 spiro atoms. The third-order valence-corrected chi connectivity index (χ3v) is 4.66. The number of hydrogen-bond acceptors (Lipinski definition) is 1. The van der Waals surface area contributed by atoms with E-state index in [1.807, 2.05) is 18.2 Å². The molecule has 1 heterocycles. The molecule has 3 aromatic carbocycles. The highest BCUT2D eigenvalue weighted by Gasteiger charge is 2.09. The molecule has 1 aromatic heterocycles. The monoisotopic (exact) mass is 274 g/mol. The predicted octanol–water partition coefficient (Wildman–Crippen LogP) is 2.37. The average Bonchev–Trinajstić information content (AvgIpc) is 2.91. The zero-order valence-corrected chi connectivity index (χ0v) is 13.2. The summed E-state index contributed by atoms with van der Waals surface area (Å²) >= 11 is 0. The van der Waals surface area contributed by atoms with Crippen LogP contribution >= 0.6 is 0 Å². The first kappa shape index (κ1) is 11.4. The van der Waals surface area contributed by atoms with Crippen LogP contribution in [0.5, 0.6) is 0 Å². The molecule has 0 bridgehead atoms. The Labute approximate surface area is 119 Å². The predicted molar refractivity (Wildman–Crippen MR) is 88.6 cm³/mol. The van der Waals surface area contributed by atoms with Crippen molar-refractivity contribution >= 4 is 37.2 Å². The van der Waals surface area contributed by atoms with Gasteiger partial charge in [0.1, 0.15) is 5.82 Å². The first-order chi connectivity index (χ1) is 9.83. The van der Waals surface area contributed by atoms with Crippen LogP contribution in [-0.4, -0.2) is 20.2 Å². The number of aromatic amines is 1. The van der Waals surface area contributed by atoms with E-state index >= 15 is 0 Å². The lowest BCUT2D eigenvalue weighted by atomic mass is 10.0. The van der Waals surface area contributed by atoms with E-state index < -0.39 is 0 Å². The normalized spacial score (nSPS) is 11.4. The number of nitrogens with one attached hydrogen (secondary N) is 1. The van der Waals surface area contributed by atoms with Gasteiger partial charge in [0, 0.05) is 15.8 Å². The topological polar surface area (TPSA) is 28.7 Å². The Morgan fingerprint density at radius 1 is 0.800 bits per heavy atom. The average molecular weight is 274 g/mol. The van der Waals surface area contributed by atoms with E-state index in [1.165, 1.54) is 21.5 Å². The summed E-state index contributed by atoms with van der Waals surface area (Å²) in [6, 6.07) is 21.1. The number of fused-ring (bicyclic) bond motifs is 2. The number of hydrogen-bond donors (Lipinski definition) is 1. The van der Waals surface area contributed by atoms with E-state index in [1.54, 1.807) is 0 Å². The van der Waals surface area contributed by atoms with Crippen molar-refractivity contribution in [1.82, 2.24) is 9.97 Å². The van der Waals surface area contributed by atoms with Crippen molar-refractivity contribution in [3.8, 4) is 11.4 Å². The molecule has 1 N–H and O–H groups in total. The molecule has 4 rings (SSSR count). The maximum Gasteiger partial charge on any atom is 0.139 e. The highest BCUT2D eigenvalue weighted by Crippen LogP contribution is 2.27. The molecule has 3 heteroatoms. The zero-order chi connectivity index (χ0) is 13.5. The molecule has 0 aliphatic heterocycles. The molecule has 0 unspecified atom stereocenters. The summed E-state index contributed by atoms with van der Waals surface area (Å²) in [4.78, 5) is 8.14. The minimum Gasteiger partial charge on any atom is -0.338 e. The SMILES string of the molecule is [SiH3]c1ccc(-c2nc3ccccc3[nH]2)c2ccccc12. The Bertz CT molecular complexity index is 891. The Hall–Kier alpha value is -2.39. The number of imidazole rings is 1. The lowest BCUT2D eigenvalue weighted by Gasteiger charge is -2.06. The first-order valence-corrected chi connectivity index (χ1v) is 7.76. The van der Waals surface area contributed by atoms with Crippen LogP contribution < -0.4 is 5.19 Å². The summed E-state index contributed by atoms with van der Waals surface area (Å²) < 4.78 is 0. The molecule has 0 aliphatic rings. The number of para-hydroxylation sites is 2. The van der Waals surface area contributed by atoms with Gasteiger partial charge < -0.3 is 4.98 Å². The van der Waals surface area contributed by atoms with Crippen LogP contribution in [0.15, 0.2) is 60.7 Å². The molecule has 0 saturated carbocycles. The Balaban J connectivity index is 2.04. The fraction of sp³-hybridized carbons (Fsp3) is 0. The lowest BCUT2D eigenvalue weighted by Crippen LogP contribution is -2.03. The number of nitrogens with zero attached hydrogens (tertiary/aromatic N) is 1. The molecule has 96 valence electrons. The molecule has 2 nitrogen and oxygen atoms in total. The van der Waals surface area contributed by atoms with E-state index in [0.717, 1.165) is 27.1 Å². The van der Waals surface area contributed by atoms with E-state index in [9.17, 15) is 0 Å². The first-order valence-electron chi connectivity index (χ1n) is 6.76. The van der Waals surface area contributed by atoms with E-state index in [2.05, 4.69) is 47.4 Å². The van der Waals surface area contributed by atoms with Gasteiger partial charge in [0.15, 0.2) is 0 Å². The Morgan fingerprint density at radius 2 is 1.55 bits per heavy atom. The van der Waals surface area contributed by atoms with Gasteiger partial charge in [-0.15, -0.1) is 0 Å². The zero-order valence-electron chi connectivity index (χ0n) is 11.2. The van der Waals surface area contributed by atoms with E-state index in [4.69, 9.17) is 4.98 Å². The molecule has 0 atom stereocenters. The highest BCUT2D eigenvalue weighted by molar-refractivity contribution is 6.39. The number of aromatic nitrogens is 2. The van der Waals surface area contributed by atoms with Gasteiger partial charge >= 0.3 is 0 Å². The molecule has 0 aliphatic carbocycles. The summed E-state index contributed by atoms with van der Waals surface area (Å²) in [6.45, 7) is 0. The van der Waals surface area contributed by atoms with Crippen LogP contribution in [0.2, 0.25) is 0 Å². The van der Waals surface area contributed by atoms with Crippen LogP contribution in [0.25, 0.3) is 33.2 Å². The Kier molecular flexibility index (Phi) is 2.47. The van der Waals surface area contributed by atoms with Gasteiger partial charge in [-0.05, 0) is 22.9 Å². The third-order valence-electron chi connectivity index (χ3n) is 3.79. The van der Waals surface area contributed by atoms with Crippen molar-refractivity contribution in [3.05, 3.63) is 60.7 Å². The molecule has 20 heavy (non-hydrogen) atoms. The van der Waals surface area contributed by atoms with E-state index in [0.29, 0.717) is 0 Å². The molecule has 0 saturated heterocycles. The van der Waals surface area contributed by atoms with Crippen LogP contribution in [0.4, 0.5) is 0 Å². The number of benzene rings is 3. The van der Waals surface area contributed by atoms with Crippen LogP contribution in [-0.2, 0) is 0 Å². The standard InChI is InChI=1S/C17H14N2Si/c20-16-10-9-13(11-5-1-2-6-12(11)16)17-18-14-7-3-4-8-15(14)19-17/h1-10H,20H3,(H,18,19). The lowest BCUT2D eigenvalue weighted by molar-refractivity contribution is 1.35. The van der Waals surface area contributed by atoms with Gasteiger partial charge in [-0.25, -0.2) is 4.98 Å². The third kappa shape index (κ3) is 1.67. The Morgan fingerprint density at radius 3 is 2.40 bits per heavy atom. The second-order valence-electron chi connectivity index (χ2n) is 5.08. The van der Waals surface area contributed by atoms with E-state index in [-0.39, 0.29) is 0 Å². The summed E-state index contributed by atoms with van der Waals surface area (Å²) in [6.07, 6.45) is 0. The van der Waals surface area contributed by atoms with Gasteiger partial charge in [0.05, 0.1) is 11.0 Å². The minimum atomic E-state index is 0.948. The smallest absolute Gasteiger partial charge is 0.139 e. The van der Waals surface area contributed by atoms with Crippen molar-refractivity contribution in [1.29, 1.82) is 0 Å². The van der Waals surface area contributed by atoms with Crippen LogP contribution in [0.3, 0.4) is 0 Å². The second kappa shape index (κ2) is 4.32. The molecule has 4 aromatic rings. The number of rotatable bonds is 1. The fourth-order valence-corrected chi connectivity index (χ4v) is 3.34. The largest absolute Gasteiger partial charge is 0.338 e. The van der Waals surface area contributed by atoms with Gasteiger partial charge in [0.2, 0.25) is 0 Å². The van der Waals surface area contributed by atoms with Crippen molar-refractivity contribution in [2.24, 2.45) is 0 Å². The highest BCUT2D eigenvalue weighted by atomic mass is 28.1. The van der Waals surface area contributed by atoms with Crippen LogP contribution in [0.1, 0.15) is 0 Å². The summed E-state index contributed by atoms with van der Waals surface area (Å²) in [7, 11) is 1.06. The van der Waals surface area contributed by atoms with Crippen molar-refractivity contribution in [2.75, 3.05) is 0 Å². The fourth-order valence-electron chi connectivity index (χ4n) is 2.74. The molecule has 0 radical (unpaired) electrons. The number of H-pyrrole nitrogens is 1. The minimum absolute atomic E-state index is 0.948. The second-order valence-corrected chi connectivity index (χ2v) is 6.16. The summed E-state index contributed by atoms with van der Waals surface area (Å²) in [5.74, 6) is 0.948. The maximum atomic E-state index is 4.72. The van der Waals surface area contributed by atoms with Gasteiger partial charge in [-0.2, -0.15) is 0 Å².